The van der Waals surface area contributed by atoms with Gasteiger partial charge in [0, 0.05) is 6.54 Å². The number of methoxy groups -OCH3 is 1. The standard InChI is InChI=1S/C13H15N3O/c1-10-6-7-13(16-15-10)14-9-11-4-3-5-12(8-11)17-2/h3-8H,9H2,1-2H3,(H,14,16). The second-order valence-corrected chi connectivity index (χ2v) is 3.77. The van der Waals surface area contributed by atoms with Gasteiger partial charge in [-0.2, -0.15) is 5.10 Å². The first-order valence-electron chi connectivity index (χ1n) is 5.45. The molecule has 0 atom stereocenters. The van der Waals surface area contributed by atoms with Crippen molar-refractivity contribution < 1.29 is 4.74 Å². The van der Waals surface area contributed by atoms with Gasteiger partial charge in [0.05, 0.1) is 12.8 Å². The fraction of sp³-hybridized carbons (Fsp3) is 0.231. The van der Waals surface area contributed by atoms with E-state index in [2.05, 4.69) is 15.5 Å². The van der Waals surface area contributed by atoms with Crippen LogP contribution in [0.4, 0.5) is 5.82 Å². The molecule has 0 aliphatic rings. The Morgan fingerprint density at radius 2 is 2.06 bits per heavy atom. The van der Waals surface area contributed by atoms with E-state index >= 15 is 0 Å². The number of benzene rings is 1. The van der Waals surface area contributed by atoms with E-state index in [1.165, 1.54) is 0 Å². The number of nitrogens with one attached hydrogen (secondary N) is 1. The molecule has 2 rings (SSSR count). The molecule has 1 aromatic carbocycles. The third-order valence-electron chi connectivity index (χ3n) is 2.41. The van der Waals surface area contributed by atoms with E-state index in [-0.39, 0.29) is 0 Å². The number of aryl methyl sites for hydroxylation is 1. The number of hydrogen-bond acceptors (Lipinski definition) is 4. The molecule has 17 heavy (non-hydrogen) atoms. The molecule has 0 unspecified atom stereocenters. The topological polar surface area (TPSA) is 47.0 Å². The monoisotopic (exact) mass is 229 g/mol. The maximum atomic E-state index is 5.17. The molecule has 0 fully saturated rings. The fourth-order valence-corrected chi connectivity index (χ4v) is 1.47. The summed E-state index contributed by atoms with van der Waals surface area (Å²) in [6.45, 7) is 2.62. The van der Waals surface area contributed by atoms with Crippen LogP contribution in [0.2, 0.25) is 0 Å². The molecule has 0 spiro atoms. The summed E-state index contributed by atoms with van der Waals surface area (Å²) in [6.07, 6.45) is 0. The Morgan fingerprint density at radius 3 is 2.76 bits per heavy atom. The first kappa shape index (κ1) is 11.4. The lowest BCUT2D eigenvalue weighted by Gasteiger charge is -2.06. The van der Waals surface area contributed by atoms with E-state index in [9.17, 15) is 0 Å². The third kappa shape index (κ3) is 3.17. The number of anilines is 1. The molecule has 1 N–H and O–H groups in total. The van der Waals surface area contributed by atoms with Gasteiger partial charge < -0.3 is 10.1 Å². The zero-order valence-corrected chi connectivity index (χ0v) is 9.97. The van der Waals surface area contributed by atoms with Crippen LogP contribution in [0.1, 0.15) is 11.3 Å². The van der Waals surface area contributed by atoms with Gasteiger partial charge in [-0.15, -0.1) is 5.10 Å². The zero-order valence-electron chi connectivity index (χ0n) is 9.97. The first-order chi connectivity index (χ1) is 8.28. The summed E-state index contributed by atoms with van der Waals surface area (Å²) >= 11 is 0. The summed E-state index contributed by atoms with van der Waals surface area (Å²) in [4.78, 5) is 0. The molecule has 0 radical (unpaired) electrons. The number of rotatable bonds is 4. The van der Waals surface area contributed by atoms with E-state index in [0.29, 0.717) is 6.54 Å². The average Bonchev–Trinajstić information content (AvgIpc) is 2.38. The lowest BCUT2D eigenvalue weighted by Crippen LogP contribution is -2.02. The first-order valence-corrected chi connectivity index (χ1v) is 5.45. The van der Waals surface area contributed by atoms with Crippen LogP contribution in [0, 0.1) is 6.92 Å². The molecule has 2 aromatic rings. The van der Waals surface area contributed by atoms with Crippen molar-refractivity contribution in [3.8, 4) is 5.75 Å². The van der Waals surface area contributed by atoms with Gasteiger partial charge in [0.15, 0.2) is 0 Å². The predicted octanol–water partition coefficient (Wildman–Crippen LogP) is 2.41. The van der Waals surface area contributed by atoms with Gasteiger partial charge in [0.25, 0.3) is 0 Å². The molecule has 1 heterocycles. The minimum Gasteiger partial charge on any atom is -0.497 e. The van der Waals surface area contributed by atoms with E-state index in [4.69, 9.17) is 4.74 Å². The molecule has 0 amide bonds. The largest absolute Gasteiger partial charge is 0.497 e. The van der Waals surface area contributed by atoms with Crippen molar-refractivity contribution >= 4 is 5.82 Å². The highest BCUT2D eigenvalue weighted by Gasteiger charge is 1.97. The SMILES string of the molecule is COc1cccc(CNc2ccc(C)nn2)c1. The van der Waals surface area contributed by atoms with Crippen LogP contribution < -0.4 is 10.1 Å². The number of nitrogens with zero attached hydrogens (tertiary/aromatic N) is 2. The van der Waals surface area contributed by atoms with E-state index in [1.807, 2.05) is 43.3 Å². The summed E-state index contributed by atoms with van der Waals surface area (Å²) in [5.74, 6) is 1.64. The number of hydrogen-bond donors (Lipinski definition) is 1. The van der Waals surface area contributed by atoms with Gasteiger partial charge in [-0.1, -0.05) is 12.1 Å². The molecule has 1 aromatic heterocycles. The Hall–Kier alpha value is -2.10. The predicted molar refractivity (Wildman–Crippen MR) is 67.1 cm³/mol. The number of ether oxygens (including phenoxy) is 1. The minimum atomic E-state index is 0.703. The van der Waals surface area contributed by atoms with Crippen LogP contribution in [-0.4, -0.2) is 17.3 Å². The van der Waals surface area contributed by atoms with Crippen molar-refractivity contribution in [3.63, 3.8) is 0 Å². The maximum Gasteiger partial charge on any atom is 0.148 e. The van der Waals surface area contributed by atoms with Gasteiger partial charge in [-0.05, 0) is 36.8 Å². The second-order valence-electron chi connectivity index (χ2n) is 3.77. The zero-order chi connectivity index (χ0) is 12.1. The number of aromatic nitrogens is 2. The quantitative estimate of drug-likeness (QED) is 0.874. The summed E-state index contributed by atoms with van der Waals surface area (Å²) < 4.78 is 5.17. The summed E-state index contributed by atoms with van der Waals surface area (Å²) in [5.41, 5.74) is 2.06. The van der Waals surface area contributed by atoms with Crippen LogP contribution >= 0.6 is 0 Å². The molecule has 0 saturated heterocycles. The van der Waals surface area contributed by atoms with Gasteiger partial charge in [0.1, 0.15) is 11.6 Å². The lowest BCUT2D eigenvalue weighted by atomic mass is 10.2. The molecule has 0 bridgehead atoms. The van der Waals surface area contributed by atoms with Crippen LogP contribution in [0.5, 0.6) is 5.75 Å². The average molecular weight is 229 g/mol. The van der Waals surface area contributed by atoms with Crippen LogP contribution in [0.3, 0.4) is 0 Å². The van der Waals surface area contributed by atoms with Crippen LogP contribution in [-0.2, 0) is 6.54 Å². The van der Waals surface area contributed by atoms with Crippen molar-refractivity contribution in [2.45, 2.75) is 13.5 Å². The van der Waals surface area contributed by atoms with Gasteiger partial charge in [-0.25, -0.2) is 0 Å². The minimum absolute atomic E-state index is 0.703. The van der Waals surface area contributed by atoms with Crippen LogP contribution in [0.15, 0.2) is 36.4 Å². The Kier molecular flexibility index (Phi) is 3.55. The summed E-state index contributed by atoms with van der Waals surface area (Å²) in [7, 11) is 1.66. The fourth-order valence-electron chi connectivity index (χ4n) is 1.47. The van der Waals surface area contributed by atoms with Crippen LogP contribution in [0.25, 0.3) is 0 Å². The Balaban J connectivity index is 1.99. The molecular weight excluding hydrogens is 214 g/mol. The molecule has 88 valence electrons. The normalized spacial score (nSPS) is 10.0. The molecule has 4 heteroatoms. The van der Waals surface area contributed by atoms with E-state index in [0.717, 1.165) is 22.8 Å². The van der Waals surface area contributed by atoms with E-state index in [1.54, 1.807) is 7.11 Å². The van der Waals surface area contributed by atoms with Crippen molar-refractivity contribution in [1.29, 1.82) is 0 Å². The Bertz CT molecular complexity index is 482. The second kappa shape index (κ2) is 5.30. The molecule has 4 nitrogen and oxygen atoms in total. The Labute approximate surface area is 101 Å². The highest BCUT2D eigenvalue weighted by atomic mass is 16.5. The lowest BCUT2D eigenvalue weighted by molar-refractivity contribution is 0.414. The van der Waals surface area contributed by atoms with Crippen molar-refractivity contribution in [2.75, 3.05) is 12.4 Å². The smallest absolute Gasteiger partial charge is 0.148 e. The van der Waals surface area contributed by atoms with Gasteiger partial charge in [-0.3, -0.25) is 0 Å². The highest BCUT2D eigenvalue weighted by Crippen LogP contribution is 2.13. The van der Waals surface area contributed by atoms with E-state index < -0.39 is 0 Å². The molecule has 0 saturated carbocycles. The summed E-state index contributed by atoms with van der Waals surface area (Å²) in [5, 5.41) is 11.2. The molecule has 0 aliphatic heterocycles. The molecular formula is C13H15N3O. The van der Waals surface area contributed by atoms with Gasteiger partial charge in [0.2, 0.25) is 0 Å². The maximum absolute atomic E-state index is 5.17. The van der Waals surface area contributed by atoms with Gasteiger partial charge >= 0.3 is 0 Å². The molecule has 0 aliphatic carbocycles. The van der Waals surface area contributed by atoms with Crippen molar-refractivity contribution in [1.82, 2.24) is 10.2 Å². The summed E-state index contributed by atoms with van der Waals surface area (Å²) in [6, 6.07) is 11.8. The van der Waals surface area contributed by atoms with Crippen molar-refractivity contribution in [3.05, 3.63) is 47.7 Å². The Morgan fingerprint density at radius 1 is 1.18 bits per heavy atom. The van der Waals surface area contributed by atoms with Crippen molar-refractivity contribution in [2.24, 2.45) is 0 Å². The third-order valence-corrected chi connectivity index (χ3v) is 2.41. The highest BCUT2D eigenvalue weighted by molar-refractivity contribution is 5.36.